The first kappa shape index (κ1) is 14.3. The molecule has 0 unspecified atom stereocenters. The van der Waals surface area contributed by atoms with Crippen molar-refractivity contribution in [1.82, 2.24) is 10.3 Å². The second kappa shape index (κ2) is 5.64. The van der Waals surface area contributed by atoms with Gasteiger partial charge in [0.1, 0.15) is 11.5 Å². The Hall–Kier alpha value is -2.62. The Morgan fingerprint density at radius 2 is 1.86 bits per heavy atom. The van der Waals surface area contributed by atoms with Gasteiger partial charge in [-0.25, -0.2) is 4.39 Å². The average molecular weight is 296 g/mol. The lowest BCUT2D eigenvalue weighted by atomic mass is 10.1. The van der Waals surface area contributed by atoms with Crippen molar-refractivity contribution in [3.05, 3.63) is 70.7 Å². The molecule has 0 aliphatic heterocycles. The fraction of sp³-hybridized carbons (Fsp3) is 0.167. The van der Waals surface area contributed by atoms with Gasteiger partial charge in [0.2, 0.25) is 0 Å². The maximum atomic E-state index is 13.3. The minimum atomic E-state index is -0.319. The Labute approximate surface area is 128 Å². The quantitative estimate of drug-likeness (QED) is 0.757. The predicted molar refractivity (Wildman–Crippen MR) is 85.3 cm³/mol. The molecular weight excluding hydrogens is 279 g/mol. The number of nitrogens with one attached hydrogen (secondary N) is 2. The molecule has 22 heavy (non-hydrogen) atoms. The van der Waals surface area contributed by atoms with Crippen molar-refractivity contribution < 1.29 is 9.18 Å². The van der Waals surface area contributed by atoms with Crippen LogP contribution < -0.4 is 5.32 Å². The molecule has 2 aromatic carbocycles. The molecule has 3 rings (SSSR count). The number of carbonyl (C=O) groups is 1. The molecule has 0 saturated heterocycles. The van der Waals surface area contributed by atoms with Gasteiger partial charge in [0.25, 0.3) is 5.91 Å². The van der Waals surface area contributed by atoms with Gasteiger partial charge in [-0.2, -0.15) is 0 Å². The lowest BCUT2D eigenvalue weighted by molar-refractivity contribution is 0.0946. The summed E-state index contributed by atoms with van der Waals surface area (Å²) in [6, 6.07) is 12.5. The molecule has 1 heterocycles. The second-order valence-corrected chi connectivity index (χ2v) is 5.48. The lowest BCUT2D eigenvalue weighted by Gasteiger charge is -2.05. The number of aryl methyl sites for hydroxylation is 2. The van der Waals surface area contributed by atoms with Crippen LogP contribution >= 0.6 is 0 Å². The summed E-state index contributed by atoms with van der Waals surface area (Å²) in [5.41, 5.74) is 4.17. The molecule has 3 nitrogen and oxygen atoms in total. The Balaban J connectivity index is 1.80. The van der Waals surface area contributed by atoms with E-state index in [0.717, 1.165) is 16.5 Å². The SMILES string of the molecule is Cc1ccc(CNC(=O)c2[nH]c3cc(F)ccc3c2C)cc1. The van der Waals surface area contributed by atoms with Gasteiger partial charge in [-0.3, -0.25) is 4.79 Å². The summed E-state index contributed by atoms with van der Waals surface area (Å²) in [7, 11) is 0. The van der Waals surface area contributed by atoms with Gasteiger partial charge in [0.15, 0.2) is 0 Å². The number of amides is 1. The number of hydrogen-bond donors (Lipinski definition) is 2. The predicted octanol–water partition coefficient (Wildman–Crippen LogP) is 3.85. The summed E-state index contributed by atoms with van der Waals surface area (Å²) >= 11 is 0. The molecule has 0 radical (unpaired) electrons. The maximum absolute atomic E-state index is 13.3. The van der Waals surface area contributed by atoms with Gasteiger partial charge in [-0.15, -0.1) is 0 Å². The Morgan fingerprint density at radius 3 is 2.59 bits per heavy atom. The molecule has 0 fully saturated rings. The Kier molecular flexibility index (Phi) is 3.67. The van der Waals surface area contributed by atoms with Crippen LogP contribution in [0.4, 0.5) is 4.39 Å². The van der Waals surface area contributed by atoms with Crippen molar-refractivity contribution in [2.24, 2.45) is 0 Å². The van der Waals surface area contributed by atoms with Crippen molar-refractivity contribution in [2.75, 3.05) is 0 Å². The molecule has 0 aliphatic rings. The van der Waals surface area contributed by atoms with Crippen molar-refractivity contribution >= 4 is 16.8 Å². The number of halogens is 1. The molecule has 4 heteroatoms. The number of benzene rings is 2. The highest BCUT2D eigenvalue weighted by Gasteiger charge is 2.14. The number of aromatic nitrogens is 1. The molecule has 112 valence electrons. The van der Waals surface area contributed by atoms with Crippen LogP contribution in [0.25, 0.3) is 10.9 Å². The lowest BCUT2D eigenvalue weighted by Crippen LogP contribution is -2.23. The van der Waals surface area contributed by atoms with E-state index >= 15 is 0 Å². The summed E-state index contributed by atoms with van der Waals surface area (Å²) in [5, 5.41) is 3.75. The van der Waals surface area contributed by atoms with E-state index in [9.17, 15) is 9.18 Å². The molecule has 2 N–H and O–H groups in total. The average Bonchev–Trinajstić information content (AvgIpc) is 2.83. The maximum Gasteiger partial charge on any atom is 0.268 e. The zero-order chi connectivity index (χ0) is 15.7. The summed E-state index contributed by atoms with van der Waals surface area (Å²) in [6.07, 6.45) is 0. The smallest absolute Gasteiger partial charge is 0.268 e. The third-order valence-electron chi connectivity index (χ3n) is 3.82. The molecule has 0 saturated carbocycles. The van der Waals surface area contributed by atoms with Crippen LogP contribution in [0.15, 0.2) is 42.5 Å². The standard InChI is InChI=1S/C18H17FN2O/c1-11-3-5-13(6-4-11)10-20-18(22)17-12(2)15-8-7-14(19)9-16(15)21-17/h3-9,21H,10H2,1-2H3,(H,20,22). The van der Waals surface area contributed by atoms with Gasteiger partial charge < -0.3 is 10.3 Å². The highest BCUT2D eigenvalue weighted by Crippen LogP contribution is 2.22. The third kappa shape index (κ3) is 2.72. The van der Waals surface area contributed by atoms with Gasteiger partial charge >= 0.3 is 0 Å². The van der Waals surface area contributed by atoms with Crippen LogP contribution in [0.2, 0.25) is 0 Å². The fourth-order valence-corrected chi connectivity index (χ4v) is 2.51. The minimum Gasteiger partial charge on any atom is -0.350 e. The van der Waals surface area contributed by atoms with E-state index in [0.29, 0.717) is 17.8 Å². The van der Waals surface area contributed by atoms with E-state index in [4.69, 9.17) is 0 Å². The zero-order valence-electron chi connectivity index (χ0n) is 12.5. The first-order valence-corrected chi connectivity index (χ1v) is 7.16. The number of rotatable bonds is 3. The molecule has 0 bridgehead atoms. The van der Waals surface area contributed by atoms with Crippen molar-refractivity contribution in [1.29, 1.82) is 0 Å². The van der Waals surface area contributed by atoms with Crippen LogP contribution in [0.1, 0.15) is 27.2 Å². The van der Waals surface area contributed by atoms with E-state index in [-0.39, 0.29) is 11.7 Å². The minimum absolute atomic E-state index is 0.185. The van der Waals surface area contributed by atoms with Crippen molar-refractivity contribution in [3.63, 3.8) is 0 Å². The second-order valence-electron chi connectivity index (χ2n) is 5.48. The molecular formula is C18H17FN2O. The van der Waals surface area contributed by atoms with E-state index in [1.807, 2.05) is 38.1 Å². The third-order valence-corrected chi connectivity index (χ3v) is 3.82. The number of carbonyl (C=O) groups excluding carboxylic acids is 1. The van der Waals surface area contributed by atoms with E-state index in [1.54, 1.807) is 6.07 Å². The monoisotopic (exact) mass is 296 g/mol. The van der Waals surface area contributed by atoms with Crippen LogP contribution in [0.5, 0.6) is 0 Å². The molecule has 0 atom stereocenters. The van der Waals surface area contributed by atoms with Gasteiger partial charge in [-0.1, -0.05) is 29.8 Å². The summed E-state index contributed by atoms with van der Waals surface area (Å²) in [4.78, 5) is 15.3. The van der Waals surface area contributed by atoms with E-state index < -0.39 is 0 Å². The van der Waals surface area contributed by atoms with E-state index in [1.165, 1.54) is 17.7 Å². The first-order valence-electron chi connectivity index (χ1n) is 7.16. The normalized spacial score (nSPS) is 10.9. The number of H-pyrrole nitrogens is 1. The molecule has 1 aromatic heterocycles. The fourth-order valence-electron chi connectivity index (χ4n) is 2.51. The molecule has 1 amide bonds. The molecule has 3 aromatic rings. The summed E-state index contributed by atoms with van der Waals surface area (Å²) in [6.45, 7) is 4.34. The number of aromatic amines is 1. The van der Waals surface area contributed by atoms with Gasteiger partial charge in [0.05, 0.1) is 0 Å². The van der Waals surface area contributed by atoms with Crippen LogP contribution in [0.3, 0.4) is 0 Å². The topological polar surface area (TPSA) is 44.9 Å². The molecule has 0 spiro atoms. The van der Waals surface area contributed by atoms with Crippen molar-refractivity contribution in [2.45, 2.75) is 20.4 Å². The first-order chi connectivity index (χ1) is 10.5. The van der Waals surface area contributed by atoms with Crippen molar-refractivity contribution in [3.8, 4) is 0 Å². The van der Waals surface area contributed by atoms with E-state index in [2.05, 4.69) is 10.3 Å². The zero-order valence-corrected chi connectivity index (χ0v) is 12.5. The van der Waals surface area contributed by atoms with Crippen LogP contribution in [0, 0.1) is 19.7 Å². The number of fused-ring (bicyclic) bond motifs is 1. The Bertz CT molecular complexity index is 834. The number of hydrogen-bond acceptors (Lipinski definition) is 1. The van der Waals surface area contributed by atoms with Gasteiger partial charge in [0, 0.05) is 17.4 Å². The largest absolute Gasteiger partial charge is 0.350 e. The summed E-state index contributed by atoms with van der Waals surface area (Å²) < 4.78 is 13.3. The van der Waals surface area contributed by atoms with Crippen LogP contribution in [-0.4, -0.2) is 10.9 Å². The van der Waals surface area contributed by atoms with Gasteiger partial charge in [-0.05, 0) is 43.2 Å². The summed E-state index contributed by atoms with van der Waals surface area (Å²) in [5.74, 6) is -0.505. The highest BCUT2D eigenvalue weighted by molar-refractivity contribution is 6.00. The highest BCUT2D eigenvalue weighted by atomic mass is 19.1. The molecule has 0 aliphatic carbocycles. The Morgan fingerprint density at radius 1 is 1.14 bits per heavy atom. The van der Waals surface area contributed by atoms with Crippen LogP contribution in [-0.2, 0) is 6.54 Å².